The second-order valence-electron chi connectivity index (χ2n) is 7.46. The summed E-state index contributed by atoms with van der Waals surface area (Å²) in [5.74, 6) is -0.350. The van der Waals surface area contributed by atoms with E-state index in [2.05, 4.69) is 5.32 Å². The Morgan fingerprint density at radius 1 is 1.03 bits per heavy atom. The summed E-state index contributed by atoms with van der Waals surface area (Å²) in [6.07, 6.45) is 0.503. The summed E-state index contributed by atoms with van der Waals surface area (Å²) in [6.45, 7) is 2.98. The minimum absolute atomic E-state index is 0.168. The number of nitrogens with one attached hydrogen (secondary N) is 1. The molecule has 5 heteroatoms. The van der Waals surface area contributed by atoms with Gasteiger partial charge in [-0.3, -0.25) is 9.59 Å². The Hall–Kier alpha value is -3.60. The molecule has 0 aliphatic carbocycles. The SMILES string of the molecule is Cc1cccc(NC(=O)C2CCN(c3ccc(OCc4ccccc4)cc3)C2=O)c1. The van der Waals surface area contributed by atoms with E-state index in [4.69, 9.17) is 4.74 Å². The largest absolute Gasteiger partial charge is 0.489 e. The van der Waals surface area contributed by atoms with Gasteiger partial charge in [-0.25, -0.2) is 0 Å². The van der Waals surface area contributed by atoms with Crippen LogP contribution in [0.4, 0.5) is 11.4 Å². The van der Waals surface area contributed by atoms with E-state index in [1.54, 1.807) is 4.90 Å². The van der Waals surface area contributed by atoms with Gasteiger partial charge in [0.2, 0.25) is 11.8 Å². The number of anilines is 2. The fourth-order valence-electron chi connectivity index (χ4n) is 3.59. The number of benzene rings is 3. The molecule has 1 aliphatic rings. The van der Waals surface area contributed by atoms with E-state index in [-0.39, 0.29) is 11.8 Å². The van der Waals surface area contributed by atoms with Crippen LogP contribution in [0.3, 0.4) is 0 Å². The lowest BCUT2D eigenvalue weighted by Gasteiger charge is -2.17. The minimum Gasteiger partial charge on any atom is -0.489 e. The van der Waals surface area contributed by atoms with Gasteiger partial charge in [0.05, 0.1) is 0 Å². The third kappa shape index (κ3) is 4.51. The number of hydrogen-bond donors (Lipinski definition) is 1. The van der Waals surface area contributed by atoms with E-state index < -0.39 is 5.92 Å². The summed E-state index contributed by atoms with van der Waals surface area (Å²) in [6, 6.07) is 25.0. The highest BCUT2D eigenvalue weighted by Gasteiger charge is 2.37. The van der Waals surface area contributed by atoms with E-state index >= 15 is 0 Å². The zero-order valence-electron chi connectivity index (χ0n) is 16.9. The van der Waals surface area contributed by atoms with Crippen LogP contribution in [0.15, 0.2) is 78.9 Å². The first-order valence-corrected chi connectivity index (χ1v) is 10.1. The van der Waals surface area contributed by atoms with Gasteiger partial charge in [-0.05, 0) is 60.9 Å². The predicted octanol–water partition coefficient (Wildman–Crippen LogP) is 4.57. The summed E-state index contributed by atoms with van der Waals surface area (Å²) in [7, 11) is 0. The van der Waals surface area contributed by atoms with Gasteiger partial charge in [0, 0.05) is 17.9 Å². The van der Waals surface area contributed by atoms with Gasteiger partial charge < -0.3 is 15.0 Å². The zero-order valence-corrected chi connectivity index (χ0v) is 16.9. The zero-order chi connectivity index (χ0) is 20.9. The molecule has 0 spiro atoms. The number of rotatable bonds is 6. The molecular weight excluding hydrogens is 376 g/mol. The predicted molar refractivity (Wildman–Crippen MR) is 117 cm³/mol. The fourth-order valence-corrected chi connectivity index (χ4v) is 3.59. The fraction of sp³-hybridized carbons (Fsp3) is 0.200. The van der Waals surface area contributed by atoms with E-state index in [1.807, 2.05) is 85.8 Å². The van der Waals surface area contributed by atoms with E-state index in [9.17, 15) is 9.59 Å². The number of aryl methyl sites for hydroxylation is 1. The van der Waals surface area contributed by atoms with Crippen LogP contribution in [0, 0.1) is 12.8 Å². The van der Waals surface area contributed by atoms with Crippen LogP contribution in [0.5, 0.6) is 5.75 Å². The standard InChI is InChI=1S/C25H24N2O3/c1-18-6-5-9-20(16-18)26-24(28)23-14-15-27(25(23)29)21-10-12-22(13-11-21)30-17-19-7-3-2-4-8-19/h2-13,16,23H,14-15,17H2,1H3,(H,26,28). The molecule has 0 aromatic heterocycles. The van der Waals surface area contributed by atoms with Gasteiger partial charge in [0.1, 0.15) is 18.3 Å². The topological polar surface area (TPSA) is 58.6 Å². The average Bonchev–Trinajstić information content (AvgIpc) is 3.15. The van der Waals surface area contributed by atoms with Gasteiger partial charge in [0.25, 0.3) is 0 Å². The van der Waals surface area contributed by atoms with Crippen LogP contribution in [0.2, 0.25) is 0 Å². The van der Waals surface area contributed by atoms with Crippen LogP contribution >= 0.6 is 0 Å². The molecule has 3 aromatic carbocycles. The van der Waals surface area contributed by atoms with Crippen LogP contribution in [-0.2, 0) is 16.2 Å². The normalized spacial score (nSPS) is 15.8. The molecule has 3 aromatic rings. The maximum Gasteiger partial charge on any atom is 0.239 e. The molecule has 0 bridgehead atoms. The number of carbonyl (C=O) groups excluding carboxylic acids is 2. The van der Waals surface area contributed by atoms with Gasteiger partial charge in [0.15, 0.2) is 0 Å². The van der Waals surface area contributed by atoms with Gasteiger partial charge >= 0.3 is 0 Å². The van der Waals surface area contributed by atoms with Crippen LogP contribution in [-0.4, -0.2) is 18.4 Å². The summed E-state index contributed by atoms with van der Waals surface area (Å²) in [5.41, 5.74) is 3.64. The van der Waals surface area contributed by atoms with E-state index in [1.165, 1.54) is 0 Å². The lowest BCUT2D eigenvalue weighted by Crippen LogP contribution is -2.33. The summed E-state index contributed by atoms with van der Waals surface area (Å²) in [5, 5.41) is 2.86. The molecule has 1 aliphatic heterocycles. The number of amides is 2. The van der Waals surface area contributed by atoms with E-state index in [0.717, 1.165) is 22.6 Å². The summed E-state index contributed by atoms with van der Waals surface area (Å²) in [4.78, 5) is 27.1. The first-order valence-electron chi connectivity index (χ1n) is 10.1. The summed E-state index contributed by atoms with van der Waals surface area (Å²) >= 11 is 0. The van der Waals surface area contributed by atoms with Crippen molar-refractivity contribution >= 4 is 23.2 Å². The summed E-state index contributed by atoms with van der Waals surface area (Å²) < 4.78 is 5.80. The molecule has 4 rings (SSSR count). The average molecular weight is 400 g/mol. The van der Waals surface area contributed by atoms with Crippen molar-refractivity contribution in [2.24, 2.45) is 5.92 Å². The van der Waals surface area contributed by atoms with Crippen LogP contribution in [0.25, 0.3) is 0 Å². The van der Waals surface area contributed by atoms with Crippen LogP contribution in [0.1, 0.15) is 17.5 Å². The monoisotopic (exact) mass is 400 g/mol. The molecular formula is C25H24N2O3. The van der Waals surface area contributed by atoms with Crippen molar-refractivity contribution in [1.29, 1.82) is 0 Å². The highest BCUT2D eigenvalue weighted by molar-refractivity contribution is 6.13. The molecule has 0 radical (unpaired) electrons. The lowest BCUT2D eigenvalue weighted by atomic mass is 10.1. The molecule has 0 saturated carbocycles. The Balaban J connectivity index is 1.36. The van der Waals surface area contributed by atoms with Crippen LogP contribution < -0.4 is 15.0 Å². The molecule has 1 atom stereocenters. The first kappa shape index (κ1) is 19.7. The molecule has 1 fully saturated rings. The van der Waals surface area contributed by atoms with Crippen molar-refractivity contribution in [1.82, 2.24) is 0 Å². The van der Waals surface area contributed by atoms with Crippen molar-refractivity contribution in [3.63, 3.8) is 0 Å². The third-order valence-electron chi connectivity index (χ3n) is 5.20. The second-order valence-corrected chi connectivity index (χ2v) is 7.46. The molecule has 1 heterocycles. The maximum atomic E-state index is 12.8. The molecule has 1 N–H and O–H groups in total. The number of carbonyl (C=O) groups is 2. The first-order chi connectivity index (χ1) is 14.6. The Morgan fingerprint density at radius 3 is 2.53 bits per heavy atom. The number of nitrogens with zero attached hydrogens (tertiary/aromatic N) is 1. The number of ether oxygens (including phenoxy) is 1. The van der Waals surface area contributed by atoms with Gasteiger partial charge in [-0.15, -0.1) is 0 Å². The Morgan fingerprint density at radius 2 is 1.80 bits per heavy atom. The molecule has 1 unspecified atom stereocenters. The van der Waals surface area contributed by atoms with Crippen molar-refractivity contribution in [2.75, 3.05) is 16.8 Å². The van der Waals surface area contributed by atoms with Crippen molar-refractivity contribution in [2.45, 2.75) is 20.0 Å². The molecule has 5 nitrogen and oxygen atoms in total. The van der Waals surface area contributed by atoms with E-state index in [0.29, 0.717) is 25.3 Å². The quantitative estimate of drug-likeness (QED) is 0.617. The number of hydrogen-bond acceptors (Lipinski definition) is 3. The molecule has 1 saturated heterocycles. The highest BCUT2D eigenvalue weighted by Crippen LogP contribution is 2.28. The Kier molecular flexibility index (Phi) is 5.80. The second kappa shape index (κ2) is 8.82. The smallest absolute Gasteiger partial charge is 0.239 e. The molecule has 30 heavy (non-hydrogen) atoms. The Labute approximate surface area is 176 Å². The maximum absolute atomic E-state index is 12.8. The lowest BCUT2D eigenvalue weighted by molar-refractivity contribution is -0.129. The molecule has 2 amide bonds. The third-order valence-corrected chi connectivity index (χ3v) is 5.20. The minimum atomic E-state index is -0.667. The molecule has 152 valence electrons. The van der Waals surface area contributed by atoms with Gasteiger partial charge in [-0.2, -0.15) is 0 Å². The Bertz CT molecular complexity index is 1030. The van der Waals surface area contributed by atoms with Crippen molar-refractivity contribution in [3.05, 3.63) is 90.0 Å². The van der Waals surface area contributed by atoms with Gasteiger partial charge in [-0.1, -0.05) is 42.5 Å². The van der Waals surface area contributed by atoms with Crippen molar-refractivity contribution in [3.8, 4) is 5.75 Å². The highest BCUT2D eigenvalue weighted by atomic mass is 16.5. The van der Waals surface area contributed by atoms with Crippen molar-refractivity contribution < 1.29 is 14.3 Å².